The van der Waals surface area contributed by atoms with E-state index in [1.165, 1.54) is 0 Å². The molecule has 0 fully saturated rings. The molecule has 0 heterocycles. The maximum absolute atomic E-state index is 13.8. The summed E-state index contributed by atoms with van der Waals surface area (Å²) in [6, 6.07) is 1.59. The number of anilines is 1. The van der Waals surface area contributed by atoms with Gasteiger partial charge in [0, 0.05) is 11.2 Å². The van der Waals surface area contributed by atoms with E-state index in [9.17, 15) is 17.2 Å². The van der Waals surface area contributed by atoms with Crippen LogP contribution in [-0.4, -0.2) is 14.0 Å². The van der Waals surface area contributed by atoms with Crippen LogP contribution in [0.15, 0.2) is 17.0 Å². The molecule has 0 spiro atoms. The molecule has 0 unspecified atom stereocenters. The first-order valence-electron chi connectivity index (χ1n) is 6.49. The number of sulfonamides is 1. The van der Waals surface area contributed by atoms with E-state index in [1.54, 1.807) is 0 Å². The minimum absolute atomic E-state index is 0.160. The summed E-state index contributed by atoms with van der Waals surface area (Å²) >= 11 is 0. The summed E-state index contributed by atoms with van der Waals surface area (Å²) in [5.41, 5.74) is 4.41. The van der Waals surface area contributed by atoms with E-state index in [4.69, 9.17) is 5.73 Å². The number of halogens is 2. The predicted octanol–water partition coefficient (Wildman–Crippen LogP) is 2.79. The number of hydrogen-bond acceptors (Lipinski definition) is 3. The fourth-order valence-corrected chi connectivity index (χ4v) is 3.88. The summed E-state index contributed by atoms with van der Waals surface area (Å²) in [7, 11) is -4.29. The smallest absolute Gasteiger partial charge is 0.246 e. The van der Waals surface area contributed by atoms with Crippen LogP contribution >= 0.6 is 0 Å². The molecular weight excluding hydrogens is 286 g/mol. The first kappa shape index (κ1) is 16.8. The molecule has 0 saturated carbocycles. The Hall–Kier alpha value is -1.21. The van der Waals surface area contributed by atoms with Crippen molar-refractivity contribution >= 4 is 15.7 Å². The first-order chi connectivity index (χ1) is 9.21. The molecule has 7 heteroatoms. The fraction of sp³-hybridized carbons (Fsp3) is 0.538. The average Bonchev–Trinajstić information content (AvgIpc) is 2.34. The standard InChI is InChI=1S/C13H20F2N2O2S/c1-4-13(5-2,6-3)17-20(18,19)12-10(14)7-9(16)8-11(12)15/h7-8,17H,4-6,16H2,1-3H3. The lowest BCUT2D eigenvalue weighted by Crippen LogP contribution is -2.47. The minimum atomic E-state index is -4.29. The second-order valence-electron chi connectivity index (χ2n) is 4.76. The molecule has 20 heavy (non-hydrogen) atoms. The molecule has 0 radical (unpaired) electrons. The normalized spacial score (nSPS) is 12.7. The summed E-state index contributed by atoms with van der Waals surface area (Å²) in [5, 5.41) is 0. The van der Waals surface area contributed by atoms with Gasteiger partial charge in [-0.1, -0.05) is 20.8 Å². The zero-order chi connectivity index (χ0) is 15.6. The number of nitrogens with one attached hydrogen (secondary N) is 1. The topological polar surface area (TPSA) is 72.2 Å². The number of hydrogen-bond donors (Lipinski definition) is 2. The van der Waals surface area contributed by atoms with Crippen LogP contribution in [-0.2, 0) is 10.0 Å². The summed E-state index contributed by atoms with van der Waals surface area (Å²) in [5.74, 6) is -2.38. The molecule has 0 saturated heterocycles. The molecule has 0 atom stereocenters. The van der Waals surface area contributed by atoms with Crippen LogP contribution in [0.5, 0.6) is 0 Å². The summed E-state index contributed by atoms with van der Waals surface area (Å²) in [4.78, 5) is -0.980. The van der Waals surface area contributed by atoms with E-state index in [2.05, 4.69) is 4.72 Å². The Balaban J connectivity index is 3.32. The third-order valence-electron chi connectivity index (χ3n) is 3.67. The monoisotopic (exact) mass is 306 g/mol. The summed E-state index contributed by atoms with van der Waals surface area (Å²) < 4.78 is 54.4. The Morgan fingerprint density at radius 1 is 1.10 bits per heavy atom. The van der Waals surface area contributed by atoms with Crippen molar-refractivity contribution in [3.05, 3.63) is 23.8 Å². The zero-order valence-corrected chi connectivity index (χ0v) is 12.7. The van der Waals surface area contributed by atoms with Crippen LogP contribution in [0.2, 0.25) is 0 Å². The van der Waals surface area contributed by atoms with Gasteiger partial charge in [0.15, 0.2) is 4.90 Å². The van der Waals surface area contributed by atoms with E-state index in [0.29, 0.717) is 19.3 Å². The molecule has 3 N–H and O–H groups in total. The third kappa shape index (κ3) is 3.27. The Morgan fingerprint density at radius 2 is 1.50 bits per heavy atom. The highest BCUT2D eigenvalue weighted by molar-refractivity contribution is 7.89. The van der Waals surface area contributed by atoms with E-state index in [0.717, 1.165) is 12.1 Å². The average molecular weight is 306 g/mol. The molecule has 0 bridgehead atoms. The molecule has 0 aromatic heterocycles. The van der Waals surface area contributed by atoms with Gasteiger partial charge >= 0.3 is 0 Å². The molecule has 0 amide bonds. The molecule has 1 rings (SSSR count). The van der Waals surface area contributed by atoms with Gasteiger partial charge in [0.2, 0.25) is 10.0 Å². The van der Waals surface area contributed by atoms with Crippen LogP contribution in [0, 0.1) is 11.6 Å². The Kier molecular flexibility index (Phi) is 5.10. The van der Waals surface area contributed by atoms with Crippen molar-refractivity contribution in [3.8, 4) is 0 Å². The summed E-state index contributed by atoms with van der Waals surface area (Å²) in [6.45, 7) is 5.47. The van der Waals surface area contributed by atoms with Crippen LogP contribution in [0.4, 0.5) is 14.5 Å². The molecule has 0 aliphatic rings. The molecular formula is C13H20F2N2O2S. The van der Waals surface area contributed by atoms with Gasteiger partial charge in [-0.2, -0.15) is 0 Å². The van der Waals surface area contributed by atoms with Crippen molar-refractivity contribution in [2.75, 3.05) is 5.73 Å². The SMILES string of the molecule is CCC(CC)(CC)NS(=O)(=O)c1c(F)cc(N)cc1F. The van der Waals surface area contributed by atoms with E-state index < -0.39 is 32.1 Å². The number of rotatable bonds is 6. The van der Waals surface area contributed by atoms with Gasteiger partial charge in [-0.05, 0) is 31.4 Å². The molecule has 0 aliphatic carbocycles. The number of benzene rings is 1. The largest absolute Gasteiger partial charge is 0.399 e. The molecule has 0 aliphatic heterocycles. The van der Waals surface area contributed by atoms with E-state index in [-0.39, 0.29) is 5.69 Å². The maximum Gasteiger partial charge on any atom is 0.246 e. The molecule has 114 valence electrons. The van der Waals surface area contributed by atoms with Crippen molar-refractivity contribution in [2.24, 2.45) is 0 Å². The fourth-order valence-electron chi connectivity index (χ4n) is 2.14. The second-order valence-corrected chi connectivity index (χ2v) is 6.38. The van der Waals surface area contributed by atoms with Gasteiger partial charge in [-0.25, -0.2) is 21.9 Å². The highest BCUT2D eigenvalue weighted by atomic mass is 32.2. The van der Waals surface area contributed by atoms with Gasteiger partial charge in [-0.15, -0.1) is 0 Å². The third-order valence-corrected chi connectivity index (χ3v) is 5.30. The van der Waals surface area contributed by atoms with Crippen LogP contribution in [0.3, 0.4) is 0 Å². The van der Waals surface area contributed by atoms with Crippen molar-refractivity contribution in [3.63, 3.8) is 0 Å². The van der Waals surface area contributed by atoms with Gasteiger partial charge in [0.05, 0.1) is 0 Å². The number of nitrogen functional groups attached to an aromatic ring is 1. The van der Waals surface area contributed by atoms with Crippen LogP contribution < -0.4 is 10.5 Å². The van der Waals surface area contributed by atoms with Crippen LogP contribution in [0.25, 0.3) is 0 Å². The Bertz CT molecular complexity index is 553. The van der Waals surface area contributed by atoms with Crippen molar-refractivity contribution < 1.29 is 17.2 Å². The minimum Gasteiger partial charge on any atom is -0.399 e. The van der Waals surface area contributed by atoms with Gasteiger partial charge in [0.25, 0.3) is 0 Å². The Morgan fingerprint density at radius 3 is 1.85 bits per heavy atom. The van der Waals surface area contributed by atoms with Gasteiger partial charge in [0.1, 0.15) is 11.6 Å². The van der Waals surface area contributed by atoms with Crippen molar-refractivity contribution in [1.82, 2.24) is 4.72 Å². The molecule has 4 nitrogen and oxygen atoms in total. The van der Waals surface area contributed by atoms with Gasteiger partial charge in [-0.3, -0.25) is 0 Å². The first-order valence-corrected chi connectivity index (χ1v) is 7.98. The van der Waals surface area contributed by atoms with Crippen molar-refractivity contribution in [2.45, 2.75) is 50.5 Å². The predicted molar refractivity (Wildman–Crippen MR) is 74.7 cm³/mol. The molecule has 1 aromatic rings. The highest BCUT2D eigenvalue weighted by Gasteiger charge is 2.33. The van der Waals surface area contributed by atoms with Crippen LogP contribution in [0.1, 0.15) is 40.0 Å². The quantitative estimate of drug-likeness (QED) is 0.794. The maximum atomic E-state index is 13.8. The lowest BCUT2D eigenvalue weighted by molar-refractivity contribution is 0.340. The molecule has 1 aromatic carbocycles. The lowest BCUT2D eigenvalue weighted by atomic mass is 9.91. The van der Waals surface area contributed by atoms with Crippen molar-refractivity contribution in [1.29, 1.82) is 0 Å². The second kappa shape index (κ2) is 6.05. The lowest BCUT2D eigenvalue weighted by Gasteiger charge is -2.31. The summed E-state index contributed by atoms with van der Waals surface area (Å²) in [6.07, 6.45) is 1.58. The van der Waals surface area contributed by atoms with Gasteiger partial charge < -0.3 is 5.73 Å². The van der Waals surface area contributed by atoms with E-state index >= 15 is 0 Å². The zero-order valence-electron chi connectivity index (χ0n) is 11.8. The Labute approximate surface area is 118 Å². The highest BCUT2D eigenvalue weighted by Crippen LogP contribution is 2.26. The number of nitrogens with two attached hydrogens (primary N) is 1. The van der Waals surface area contributed by atoms with E-state index in [1.807, 2.05) is 20.8 Å².